The summed E-state index contributed by atoms with van der Waals surface area (Å²) in [5, 5.41) is 3.94. The maximum absolute atomic E-state index is 12.6. The summed E-state index contributed by atoms with van der Waals surface area (Å²) >= 11 is 0. The van der Waals surface area contributed by atoms with Crippen LogP contribution in [0.15, 0.2) is 53.1 Å². The molecule has 0 N–H and O–H groups in total. The Bertz CT molecular complexity index is 933. The fourth-order valence-electron chi connectivity index (χ4n) is 3.09. The van der Waals surface area contributed by atoms with Gasteiger partial charge < -0.3 is 14.0 Å². The summed E-state index contributed by atoms with van der Waals surface area (Å²) in [6.07, 6.45) is 0. The van der Waals surface area contributed by atoms with Gasteiger partial charge in [-0.15, -0.1) is 0 Å². The van der Waals surface area contributed by atoms with Crippen LogP contribution in [-0.2, 0) is 6.54 Å². The molecule has 0 fully saturated rings. The molecule has 0 saturated carbocycles. The maximum atomic E-state index is 12.6. The third kappa shape index (κ3) is 5.08. The molecule has 0 bridgehead atoms. The van der Waals surface area contributed by atoms with Crippen LogP contribution in [0, 0.1) is 0 Å². The van der Waals surface area contributed by atoms with E-state index in [-0.39, 0.29) is 17.6 Å². The van der Waals surface area contributed by atoms with Crippen molar-refractivity contribution >= 4 is 0 Å². The highest BCUT2D eigenvalue weighted by Crippen LogP contribution is 2.30. The first kappa shape index (κ1) is 20.7. The van der Waals surface area contributed by atoms with Crippen molar-refractivity contribution in [2.45, 2.75) is 33.0 Å². The number of halogens is 2. The Morgan fingerprint density at radius 2 is 1.93 bits per heavy atom. The van der Waals surface area contributed by atoms with Gasteiger partial charge >= 0.3 is 6.61 Å². The Morgan fingerprint density at radius 1 is 1.14 bits per heavy atom. The van der Waals surface area contributed by atoms with E-state index in [4.69, 9.17) is 9.26 Å². The molecular formula is C21H23F2N3O3. The molecule has 0 aliphatic carbocycles. The summed E-state index contributed by atoms with van der Waals surface area (Å²) in [5.41, 5.74) is 1.45. The van der Waals surface area contributed by atoms with E-state index in [2.05, 4.69) is 26.7 Å². The van der Waals surface area contributed by atoms with Crippen molar-refractivity contribution in [1.29, 1.82) is 0 Å². The van der Waals surface area contributed by atoms with Crippen molar-refractivity contribution in [1.82, 2.24) is 15.0 Å². The molecule has 0 spiro atoms. The summed E-state index contributed by atoms with van der Waals surface area (Å²) in [6, 6.07) is 14.3. The fraction of sp³-hybridized carbons (Fsp3) is 0.333. The molecule has 154 valence electrons. The number of nitrogens with zero attached hydrogens (tertiary/aromatic N) is 3. The van der Waals surface area contributed by atoms with Gasteiger partial charge in [0.15, 0.2) is 0 Å². The first-order chi connectivity index (χ1) is 14.0. The van der Waals surface area contributed by atoms with Gasteiger partial charge in [0.25, 0.3) is 0 Å². The molecule has 0 radical (unpaired) electrons. The minimum atomic E-state index is -2.93. The van der Waals surface area contributed by atoms with Gasteiger partial charge in [-0.05, 0) is 43.3 Å². The second-order valence-corrected chi connectivity index (χ2v) is 6.40. The number of methoxy groups -OCH3 is 1. The predicted molar refractivity (Wildman–Crippen MR) is 104 cm³/mol. The van der Waals surface area contributed by atoms with Crippen molar-refractivity contribution in [3.63, 3.8) is 0 Å². The highest BCUT2D eigenvalue weighted by Gasteiger charge is 2.20. The zero-order valence-corrected chi connectivity index (χ0v) is 16.5. The smallest absolute Gasteiger partial charge is 0.387 e. The molecule has 0 amide bonds. The Labute approximate surface area is 168 Å². The largest absolute Gasteiger partial charge is 0.497 e. The minimum Gasteiger partial charge on any atom is -0.497 e. The van der Waals surface area contributed by atoms with Gasteiger partial charge in [0.2, 0.25) is 11.7 Å². The lowest BCUT2D eigenvalue weighted by Gasteiger charge is -2.26. The molecular weight excluding hydrogens is 380 g/mol. The van der Waals surface area contributed by atoms with Gasteiger partial charge in [-0.3, -0.25) is 4.90 Å². The molecule has 0 aliphatic heterocycles. The van der Waals surface area contributed by atoms with E-state index >= 15 is 0 Å². The quantitative estimate of drug-likeness (QED) is 0.505. The molecule has 2 aromatic carbocycles. The highest BCUT2D eigenvalue weighted by molar-refractivity contribution is 5.63. The highest BCUT2D eigenvalue weighted by atomic mass is 19.3. The van der Waals surface area contributed by atoms with Crippen LogP contribution in [0.1, 0.15) is 31.3 Å². The fourth-order valence-corrected chi connectivity index (χ4v) is 3.09. The van der Waals surface area contributed by atoms with Gasteiger partial charge in [-0.1, -0.05) is 36.3 Å². The second-order valence-electron chi connectivity index (χ2n) is 6.40. The van der Waals surface area contributed by atoms with Crippen molar-refractivity contribution < 1.29 is 22.8 Å². The molecule has 3 rings (SSSR count). The molecule has 0 saturated heterocycles. The molecule has 6 nitrogen and oxygen atoms in total. The number of hydrogen-bond donors (Lipinski definition) is 0. The summed E-state index contributed by atoms with van der Waals surface area (Å²) < 4.78 is 40.5. The SMILES string of the molecule is CCN(Cc1nc(-c2ccccc2OC(F)F)no1)C(C)c1cccc(OC)c1. The number of aromatic nitrogens is 2. The molecule has 1 heterocycles. The normalized spacial score (nSPS) is 12.4. The first-order valence-electron chi connectivity index (χ1n) is 9.26. The average molecular weight is 403 g/mol. The molecule has 1 aromatic heterocycles. The number of alkyl halides is 2. The van der Waals surface area contributed by atoms with E-state index in [0.717, 1.165) is 17.9 Å². The third-order valence-corrected chi connectivity index (χ3v) is 4.68. The average Bonchev–Trinajstić information content (AvgIpc) is 3.20. The summed E-state index contributed by atoms with van der Waals surface area (Å²) in [4.78, 5) is 6.54. The van der Waals surface area contributed by atoms with Crippen LogP contribution in [0.3, 0.4) is 0 Å². The molecule has 0 aliphatic rings. The van der Waals surface area contributed by atoms with E-state index in [1.807, 2.05) is 31.2 Å². The summed E-state index contributed by atoms with van der Waals surface area (Å²) in [7, 11) is 1.64. The van der Waals surface area contributed by atoms with Crippen LogP contribution < -0.4 is 9.47 Å². The van der Waals surface area contributed by atoms with Gasteiger partial charge in [0, 0.05) is 6.04 Å². The molecule has 3 aromatic rings. The van der Waals surface area contributed by atoms with Crippen LogP contribution in [-0.4, -0.2) is 35.3 Å². The van der Waals surface area contributed by atoms with Crippen LogP contribution in [0.2, 0.25) is 0 Å². The van der Waals surface area contributed by atoms with Gasteiger partial charge in [-0.2, -0.15) is 13.8 Å². The maximum Gasteiger partial charge on any atom is 0.387 e. The van der Waals surface area contributed by atoms with Crippen molar-refractivity contribution in [2.75, 3.05) is 13.7 Å². The number of hydrogen-bond acceptors (Lipinski definition) is 6. The Balaban J connectivity index is 1.78. The predicted octanol–water partition coefficient (Wildman–Crippen LogP) is 4.93. The monoisotopic (exact) mass is 403 g/mol. The lowest BCUT2D eigenvalue weighted by atomic mass is 10.1. The first-order valence-corrected chi connectivity index (χ1v) is 9.26. The standard InChI is InChI=1S/C21H23F2N3O3/c1-4-26(14(2)15-8-7-9-16(12-15)27-3)13-19-24-20(25-29-19)17-10-5-6-11-18(17)28-21(22)23/h5-12,14,21H,4,13H2,1-3H3. The van der Waals surface area contributed by atoms with E-state index in [1.165, 1.54) is 6.07 Å². The lowest BCUT2D eigenvalue weighted by molar-refractivity contribution is -0.0494. The van der Waals surface area contributed by atoms with Crippen LogP contribution in [0.5, 0.6) is 11.5 Å². The van der Waals surface area contributed by atoms with Crippen LogP contribution in [0.4, 0.5) is 8.78 Å². The second kappa shape index (κ2) is 9.47. The van der Waals surface area contributed by atoms with E-state index < -0.39 is 6.61 Å². The Morgan fingerprint density at radius 3 is 2.66 bits per heavy atom. The van der Waals surface area contributed by atoms with E-state index in [1.54, 1.807) is 25.3 Å². The van der Waals surface area contributed by atoms with E-state index in [0.29, 0.717) is 18.0 Å². The molecule has 1 unspecified atom stereocenters. The topological polar surface area (TPSA) is 60.6 Å². The molecule has 8 heteroatoms. The van der Waals surface area contributed by atoms with Gasteiger partial charge in [0.05, 0.1) is 19.2 Å². The minimum absolute atomic E-state index is 0.00643. The summed E-state index contributed by atoms with van der Waals surface area (Å²) in [5.74, 6) is 1.40. The number of rotatable bonds is 9. The molecule has 29 heavy (non-hydrogen) atoms. The van der Waals surface area contributed by atoms with Gasteiger partial charge in [-0.25, -0.2) is 0 Å². The molecule has 1 atom stereocenters. The zero-order valence-electron chi connectivity index (χ0n) is 16.5. The Kier molecular flexibility index (Phi) is 6.77. The Hall–Kier alpha value is -3.00. The number of ether oxygens (including phenoxy) is 2. The number of benzene rings is 2. The van der Waals surface area contributed by atoms with E-state index in [9.17, 15) is 8.78 Å². The van der Waals surface area contributed by atoms with Crippen LogP contribution in [0.25, 0.3) is 11.4 Å². The van der Waals surface area contributed by atoms with Crippen molar-refractivity contribution in [3.8, 4) is 22.9 Å². The lowest BCUT2D eigenvalue weighted by Crippen LogP contribution is -2.26. The van der Waals surface area contributed by atoms with Crippen molar-refractivity contribution in [2.24, 2.45) is 0 Å². The van der Waals surface area contributed by atoms with Crippen LogP contribution >= 0.6 is 0 Å². The summed E-state index contributed by atoms with van der Waals surface area (Å²) in [6.45, 7) is 2.36. The van der Waals surface area contributed by atoms with Crippen molar-refractivity contribution in [3.05, 3.63) is 60.0 Å². The zero-order chi connectivity index (χ0) is 20.8. The number of para-hydroxylation sites is 1. The van der Waals surface area contributed by atoms with Gasteiger partial charge in [0.1, 0.15) is 11.5 Å². The third-order valence-electron chi connectivity index (χ3n) is 4.68.